The smallest absolute Gasteiger partial charge is 0.119 e. The minimum Gasteiger partial charge on any atom is -0.303 e. The molecular weight excluding hydrogens is 236 g/mol. The van der Waals surface area contributed by atoms with Crippen molar-refractivity contribution in [3.05, 3.63) is 42.5 Å². The molecule has 1 atom stereocenters. The first-order valence-electron chi connectivity index (χ1n) is 6.75. The van der Waals surface area contributed by atoms with Crippen molar-refractivity contribution in [3.63, 3.8) is 0 Å². The summed E-state index contributed by atoms with van der Waals surface area (Å²) in [6, 6.07) is 10.8. The Labute approximate surface area is 112 Å². The number of allylic oxidation sites excluding steroid dienone is 2. The van der Waals surface area contributed by atoms with E-state index >= 15 is 0 Å². The lowest BCUT2D eigenvalue weighted by molar-refractivity contribution is -0.107. The molecule has 0 N–H and O–H groups in total. The van der Waals surface area contributed by atoms with E-state index in [1.807, 2.05) is 0 Å². The summed E-state index contributed by atoms with van der Waals surface area (Å²) in [6.07, 6.45) is 8.34. The molecule has 0 aromatic heterocycles. The van der Waals surface area contributed by atoms with E-state index in [9.17, 15) is 4.79 Å². The lowest BCUT2D eigenvalue weighted by Gasteiger charge is -2.31. The maximum absolute atomic E-state index is 10.5. The van der Waals surface area contributed by atoms with Gasteiger partial charge in [0.2, 0.25) is 0 Å². The van der Waals surface area contributed by atoms with Crippen LogP contribution in [0.25, 0.3) is 0 Å². The molecule has 98 valence electrons. The summed E-state index contributed by atoms with van der Waals surface area (Å²) in [5, 5.41) is 1.50. The first-order valence-corrected chi connectivity index (χ1v) is 9.82. The van der Waals surface area contributed by atoms with Gasteiger partial charge in [0.15, 0.2) is 0 Å². The van der Waals surface area contributed by atoms with Crippen molar-refractivity contribution in [1.82, 2.24) is 0 Å². The molecule has 0 bridgehead atoms. The van der Waals surface area contributed by atoms with E-state index in [1.165, 1.54) is 5.19 Å². The number of rotatable bonds is 7. The molecule has 0 fully saturated rings. The average molecular weight is 260 g/mol. The van der Waals surface area contributed by atoms with Crippen molar-refractivity contribution >= 4 is 19.5 Å². The van der Waals surface area contributed by atoms with E-state index in [0.29, 0.717) is 12.0 Å². The van der Waals surface area contributed by atoms with Crippen LogP contribution < -0.4 is 5.19 Å². The summed E-state index contributed by atoms with van der Waals surface area (Å²) < 4.78 is 0. The molecule has 0 radical (unpaired) electrons. The molecule has 0 aliphatic heterocycles. The number of hydrogen-bond donors (Lipinski definition) is 0. The van der Waals surface area contributed by atoms with Gasteiger partial charge < -0.3 is 4.79 Å². The highest BCUT2D eigenvalue weighted by Gasteiger charge is 2.31. The molecule has 0 aliphatic carbocycles. The summed E-state index contributed by atoms with van der Waals surface area (Å²) >= 11 is 0. The van der Waals surface area contributed by atoms with Crippen LogP contribution in [-0.2, 0) is 4.79 Å². The zero-order valence-electron chi connectivity index (χ0n) is 11.7. The van der Waals surface area contributed by atoms with Gasteiger partial charge in [-0.25, -0.2) is 0 Å². The van der Waals surface area contributed by atoms with E-state index in [0.717, 1.165) is 19.1 Å². The summed E-state index contributed by atoms with van der Waals surface area (Å²) in [6.45, 7) is 6.93. The molecule has 0 saturated carbocycles. The molecule has 2 heteroatoms. The van der Waals surface area contributed by atoms with Gasteiger partial charge in [0, 0.05) is 6.42 Å². The fourth-order valence-corrected chi connectivity index (χ4v) is 5.51. The Bertz CT molecular complexity index is 381. The standard InChI is InChI=1S/C16H24OSi/c1-4-10-15(13-8-9-14-17)18(2,3)16-11-6-5-7-12-16/h4-7,10-12,14-15H,8-9,13H2,1-3H3/b10-4+/t15-/m0/s1. The lowest BCUT2D eigenvalue weighted by atomic mass is 10.2. The van der Waals surface area contributed by atoms with E-state index in [-0.39, 0.29) is 0 Å². The van der Waals surface area contributed by atoms with Gasteiger partial charge in [-0.2, -0.15) is 0 Å². The van der Waals surface area contributed by atoms with Gasteiger partial charge in [-0.05, 0) is 25.3 Å². The van der Waals surface area contributed by atoms with Crippen LogP contribution in [0.2, 0.25) is 18.6 Å². The van der Waals surface area contributed by atoms with Crippen molar-refractivity contribution in [2.45, 2.75) is 44.8 Å². The van der Waals surface area contributed by atoms with Gasteiger partial charge in [0.05, 0.1) is 8.07 Å². The van der Waals surface area contributed by atoms with Crippen molar-refractivity contribution < 1.29 is 4.79 Å². The summed E-state index contributed by atoms with van der Waals surface area (Å²) in [4.78, 5) is 10.5. The van der Waals surface area contributed by atoms with Gasteiger partial charge in [-0.1, -0.05) is 60.8 Å². The number of hydrogen-bond acceptors (Lipinski definition) is 1. The molecule has 0 spiro atoms. The molecule has 0 saturated heterocycles. The second-order valence-corrected chi connectivity index (χ2v) is 10.1. The molecule has 1 aromatic rings. The Balaban J connectivity index is 2.86. The van der Waals surface area contributed by atoms with Crippen molar-refractivity contribution in [3.8, 4) is 0 Å². The zero-order valence-corrected chi connectivity index (χ0v) is 12.7. The Kier molecular flexibility index (Phi) is 6.06. The first kappa shape index (κ1) is 14.9. The Morgan fingerprint density at radius 1 is 1.22 bits per heavy atom. The van der Waals surface area contributed by atoms with Gasteiger partial charge in [0.1, 0.15) is 6.29 Å². The monoisotopic (exact) mass is 260 g/mol. The van der Waals surface area contributed by atoms with E-state index in [1.54, 1.807) is 0 Å². The number of aldehydes is 1. The van der Waals surface area contributed by atoms with Crippen molar-refractivity contribution in [1.29, 1.82) is 0 Å². The topological polar surface area (TPSA) is 17.1 Å². The summed E-state index contributed by atoms with van der Waals surface area (Å²) in [5.74, 6) is 0. The van der Waals surface area contributed by atoms with Gasteiger partial charge >= 0.3 is 0 Å². The normalized spacial score (nSPS) is 13.7. The van der Waals surface area contributed by atoms with Crippen LogP contribution in [0, 0.1) is 0 Å². The van der Waals surface area contributed by atoms with Crippen LogP contribution >= 0.6 is 0 Å². The average Bonchev–Trinajstić information content (AvgIpc) is 2.39. The van der Waals surface area contributed by atoms with Crippen molar-refractivity contribution in [2.75, 3.05) is 0 Å². The Hall–Kier alpha value is -1.15. The van der Waals surface area contributed by atoms with Crippen LogP contribution in [0.4, 0.5) is 0 Å². The van der Waals surface area contributed by atoms with E-state index in [2.05, 4.69) is 62.5 Å². The highest BCUT2D eigenvalue weighted by Crippen LogP contribution is 2.28. The fraction of sp³-hybridized carbons (Fsp3) is 0.438. The lowest BCUT2D eigenvalue weighted by Crippen LogP contribution is -2.45. The number of unbranched alkanes of at least 4 members (excludes halogenated alkanes) is 1. The zero-order chi connectivity index (χ0) is 13.4. The van der Waals surface area contributed by atoms with Crippen LogP contribution in [0.3, 0.4) is 0 Å². The van der Waals surface area contributed by atoms with Crippen LogP contribution in [0.5, 0.6) is 0 Å². The minimum absolute atomic E-state index is 0.616. The molecule has 1 rings (SSSR count). The van der Waals surface area contributed by atoms with Crippen molar-refractivity contribution in [2.24, 2.45) is 0 Å². The molecule has 18 heavy (non-hydrogen) atoms. The molecule has 0 heterocycles. The maximum atomic E-state index is 10.5. The van der Waals surface area contributed by atoms with E-state index in [4.69, 9.17) is 0 Å². The van der Waals surface area contributed by atoms with Gasteiger partial charge in [-0.15, -0.1) is 0 Å². The second kappa shape index (κ2) is 7.32. The molecule has 0 aliphatic rings. The fourth-order valence-electron chi connectivity index (χ4n) is 2.43. The van der Waals surface area contributed by atoms with Gasteiger partial charge in [-0.3, -0.25) is 0 Å². The quantitative estimate of drug-likeness (QED) is 0.314. The Morgan fingerprint density at radius 2 is 1.89 bits per heavy atom. The number of carbonyl (C=O) groups is 1. The largest absolute Gasteiger partial charge is 0.303 e. The third-order valence-electron chi connectivity index (χ3n) is 3.71. The molecule has 0 unspecified atom stereocenters. The summed E-state index contributed by atoms with van der Waals surface area (Å²) in [5.41, 5.74) is 0.616. The molecule has 1 nitrogen and oxygen atoms in total. The third kappa shape index (κ3) is 3.95. The SMILES string of the molecule is C/C=C/[C@@H](CCCC=O)[Si](C)(C)c1ccccc1. The first-order chi connectivity index (χ1) is 8.62. The second-order valence-electron chi connectivity index (χ2n) is 5.32. The van der Waals surface area contributed by atoms with Crippen LogP contribution in [-0.4, -0.2) is 14.4 Å². The highest BCUT2D eigenvalue weighted by atomic mass is 28.3. The van der Waals surface area contributed by atoms with Gasteiger partial charge in [0.25, 0.3) is 0 Å². The summed E-state index contributed by atoms with van der Waals surface area (Å²) in [7, 11) is -1.48. The maximum Gasteiger partial charge on any atom is 0.119 e. The number of benzene rings is 1. The molecule has 0 amide bonds. The molecule has 1 aromatic carbocycles. The molecular formula is C16H24OSi. The van der Waals surface area contributed by atoms with E-state index < -0.39 is 8.07 Å². The third-order valence-corrected chi connectivity index (χ3v) is 7.86. The van der Waals surface area contributed by atoms with Crippen LogP contribution in [0.1, 0.15) is 26.2 Å². The predicted molar refractivity (Wildman–Crippen MR) is 82.0 cm³/mol. The van der Waals surface area contributed by atoms with Crippen LogP contribution in [0.15, 0.2) is 42.5 Å². The Morgan fingerprint density at radius 3 is 2.44 bits per heavy atom. The predicted octanol–water partition coefficient (Wildman–Crippen LogP) is 3.92. The highest BCUT2D eigenvalue weighted by molar-refractivity contribution is 6.91. The number of carbonyl (C=O) groups excluding carboxylic acids is 1. The minimum atomic E-state index is -1.48.